The zero-order valence-corrected chi connectivity index (χ0v) is 13.5. The summed E-state index contributed by atoms with van der Waals surface area (Å²) in [5.74, 6) is 0. The predicted molar refractivity (Wildman–Crippen MR) is 94.3 cm³/mol. The quantitative estimate of drug-likeness (QED) is 0.557. The van der Waals surface area contributed by atoms with Gasteiger partial charge in [0.05, 0.1) is 15.9 Å². The molecule has 0 atom stereocenters. The molecule has 2 aromatic carbocycles. The lowest BCUT2D eigenvalue weighted by Crippen LogP contribution is -2.01. The number of benzene rings is 2. The highest BCUT2D eigenvalue weighted by atomic mass is 16.6. The van der Waals surface area contributed by atoms with Crippen molar-refractivity contribution in [1.82, 2.24) is 4.98 Å². The number of nitrogens with one attached hydrogen (secondary N) is 1. The van der Waals surface area contributed by atoms with Gasteiger partial charge < -0.3 is 5.32 Å². The summed E-state index contributed by atoms with van der Waals surface area (Å²) in [4.78, 5) is 25.0. The summed E-state index contributed by atoms with van der Waals surface area (Å²) in [6.45, 7) is 3.83. The van der Waals surface area contributed by atoms with E-state index in [9.17, 15) is 20.2 Å². The third-order valence-corrected chi connectivity index (χ3v) is 4.07. The predicted octanol–water partition coefficient (Wildman–Crippen LogP) is 4.41. The minimum atomic E-state index is -0.659. The Balaban J connectivity index is 2.12. The Morgan fingerprint density at radius 2 is 1.72 bits per heavy atom. The summed E-state index contributed by atoms with van der Waals surface area (Å²) in [5, 5.41) is 27.2. The Kier molecular flexibility index (Phi) is 4.02. The van der Waals surface area contributed by atoms with Gasteiger partial charge in [0.1, 0.15) is 5.69 Å². The molecule has 0 bridgehead atoms. The monoisotopic (exact) mass is 338 g/mol. The third-order valence-electron chi connectivity index (χ3n) is 4.07. The maximum Gasteiger partial charge on any atom is 0.299 e. The van der Waals surface area contributed by atoms with E-state index in [1.165, 1.54) is 12.1 Å². The van der Waals surface area contributed by atoms with Gasteiger partial charge >= 0.3 is 0 Å². The van der Waals surface area contributed by atoms with E-state index in [4.69, 9.17) is 0 Å². The normalized spacial score (nSPS) is 10.6. The standard InChI is InChI=1S/C17H14N4O4/c1-10-7-16(11(2)14-9-18-6-5-13(10)14)19-15-4-3-12(20(22)23)8-17(15)21(24)25/h3-9,19H,1-2H3. The number of rotatable bonds is 4. The molecule has 0 amide bonds. The van der Waals surface area contributed by atoms with Crippen LogP contribution < -0.4 is 5.32 Å². The summed E-state index contributed by atoms with van der Waals surface area (Å²) in [6.07, 6.45) is 3.45. The van der Waals surface area contributed by atoms with Gasteiger partial charge in [0, 0.05) is 29.5 Å². The van der Waals surface area contributed by atoms with Crippen molar-refractivity contribution in [3.63, 3.8) is 0 Å². The highest BCUT2D eigenvalue weighted by Crippen LogP contribution is 2.35. The molecule has 0 aliphatic carbocycles. The number of nitrogens with zero attached hydrogens (tertiary/aromatic N) is 3. The van der Waals surface area contributed by atoms with E-state index in [0.717, 1.165) is 28.0 Å². The van der Waals surface area contributed by atoms with Crippen molar-refractivity contribution in [2.75, 3.05) is 5.32 Å². The molecule has 3 aromatic rings. The minimum Gasteiger partial charge on any atom is -0.350 e. The van der Waals surface area contributed by atoms with Gasteiger partial charge in [0.2, 0.25) is 0 Å². The third kappa shape index (κ3) is 2.97. The van der Waals surface area contributed by atoms with Crippen molar-refractivity contribution in [1.29, 1.82) is 0 Å². The minimum absolute atomic E-state index is 0.196. The molecule has 8 nitrogen and oxygen atoms in total. The largest absolute Gasteiger partial charge is 0.350 e. The number of nitro benzene ring substituents is 2. The summed E-state index contributed by atoms with van der Waals surface area (Å²) >= 11 is 0. The lowest BCUT2D eigenvalue weighted by atomic mass is 10.0. The zero-order valence-electron chi connectivity index (χ0n) is 13.5. The van der Waals surface area contributed by atoms with Crippen LogP contribution in [0.4, 0.5) is 22.7 Å². The molecule has 126 valence electrons. The van der Waals surface area contributed by atoms with E-state index in [-0.39, 0.29) is 17.1 Å². The molecule has 0 aliphatic heterocycles. The molecule has 8 heteroatoms. The Morgan fingerprint density at radius 3 is 2.40 bits per heavy atom. The molecule has 0 fully saturated rings. The molecule has 0 spiro atoms. The van der Waals surface area contributed by atoms with Crippen molar-refractivity contribution < 1.29 is 9.85 Å². The number of fused-ring (bicyclic) bond motifs is 1. The summed E-state index contributed by atoms with van der Waals surface area (Å²) in [5.41, 5.74) is 2.10. The highest BCUT2D eigenvalue weighted by Gasteiger charge is 2.20. The van der Waals surface area contributed by atoms with Crippen LogP contribution in [0.2, 0.25) is 0 Å². The lowest BCUT2D eigenvalue weighted by molar-refractivity contribution is -0.393. The fourth-order valence-corrected chi connectivity index (χ4v) is 2.75. The average Bonchev–Trinajstić information content (AvgIpc) is 2.59. The van der Waals surface area contributed by atoms with Crippen LogP contribution in [0.1, 0.15) is 11.1 Å². The van der Waals surface area contributed by atoms with Gasteiger partial charge in [-0.3, -0.25) is 25.2 Å². The number of aryl methyl sites for hydroxylation is 2. The zero-order chi connectivity index (χ0) is 18.1. The van der Waals surface area contributed by atoms with Gasteiger partial charge in [0.15, 0.2) is 0 Å². The second kappa shape index (κ2) is 6.16. The van der Waals surface area contributed by atoms with Crippen LogP contribution >= 0.6 is 0 Å². The molecule has 3 rings (SSSR count). The van der Waals surface area contributed by atoms with Crippen LogP contribution in [0.5, 0.6) is 0 Å². The second-order valence-corrected chi connectivity index (χ2v) is 5.63. The highest BCUT2D eigenvalue weighted by molar-refractivity contribution is 5.93. The van der Waals surface area contributed by atoms with Gasteiger partial charge in [-0.1, -0.05) is 0 Å². The average molecular weight is 338 g/mol. The molecule has 0 saturated heterocycles. The van der Waals surface area contributed by atoms with E-state index < -0.39 is 9.85 Å². The Bertz CT molecular complexity index is 1020. The molecule has 1 heterocycles. The topological polar surface area (TPSA) is 111 Å². The van der Waals surface area contributed by atoms with Crippen molar-refractivity contribution >= 4 is 33.5 Å². The van der Waals surface area contributed by atoms with Gasteiger partial charge in [0.25, 0.3) is 11.4 Å². The van der Waals surface area contributed by atoms with Gasteiger partial charge in [-0.25, -0.2) is 0 Å². The van der Waals surface area contributed by atoms with Crippen LogP contribution in [0.3, 0.4) is 0 Å². The van der Waals surface area contributed by atoms with E-state index in [1.807, 2.05) is 26.0 Å². The molecular formula is C17H14N4O4. The Labute approximate surface area is 142 Å². The lowest BCUT2D eigenvalue weighted by Gasteiger charge is -2.14. The maximum atomic E-state index is 11.3. The van der Waals surface area contributed by atoms with Crippen molar-refractivity contribution in [2.24, 2.45) is 0 Å². The van der Waals surface area contributed by atoms with Crippen molar-refractivity contribution in [3.8, 4) is 0 Å². The first-order valence-electron chi connectivity index (χ1n) is 7.42. The molecule has 0 aliphatic rings. The molecule has 0 unspecified atom stereocenters. The fraction of sp³-hybridized carbons (Fsp3) is 0.118. The number of non-ortho nitro benzene ring substituents is 1. The first kappa shape index (κ1) is 16.3. The Morgan fingerprint density at radius 1 is 0.960 bits per heavy atom. The number of nitro groups is 2. The number of aromatic nitrogens is 1. The van der Waals surface area contributed by atoms with E-state index >= 15 is 0 Å². The molecular weight excluding hydrogens is 324 g/mol. The first-order chi connectivity index (χ1) is 11.9. The second-order valence-electron chi connectivity index (χ2n) is 5.63. The molecule has 1 aromatic heterocycles. The first-order valence-corrected chi connectivity index (χ1v) is 7.42. The van der Waals surface area contributed by atoms with E-state index in [2.05, 4.69) is 10.3 Å². The number of anilines is 2. The van der Waals surface area contributed by atoms with Crippen LogP contribution in [0, 0.1) is 34.1 Å². The Hall–Kier alpha value is -3.55. The molecule has 25 heavy (non-hydrogen) atoms. The van der Waals surface area contributed by atoms with Gasteiger partial charge in [-0.05, 0) is 48.6 Å². The summed E-state index contributed by atoms with van der Waals surface area (Å²) < 4.78 is 0. The van der Waals surface area contributed by atoms with Crippen molar-refractivity contribution in [3.05, 3.63) is 74.1 Å². The SMILES string of the molecule is Cc1cc(Nc2ccc([N+](=O)[O-])cc2[N+](=O)[O-])c(C)c2cnccc12. The van der Waals surface area contributed by atoms with Crippen LogP contribution in [-0.2, 0) is 0 Å². The van der Waals surface area contributed by atoms with Crippen LogP contribution in [-0.4, -0.2) is 14.8 Å². The van der Waals surface area contributed by atoms with Crippen molar-refractivity contribution in [2.45, 2.75) is 13.8 Å². The molecule has 0 radical (unpaired) electrons. The molecule has 1 N–H and O–H groups in total. The number of hydrogen-bond donors (Lipinski definition) is 1. The fourth-order valence-electron chi connectivity index (χ4n) is 2.75. The summed E-state index contributed by atoms with van der Waals surface area (Å²) in [7, 11) is 0. The van der Waals surface area contributed by atoms with E-state index in [0.29, 0.717) is 5.69 Å². The van der Waals surface area contributed by atoms with Gasteiger partial charge in [-0.2, -0.15) is 0 Å². The van der Waals surface area contributed by atoms with Crippen LogP contribution in [0.15, 0.2) is 42.7 Å². The van der Waals surface area contributed by atoms with Gasteiger partial charge in [-0.15, -0.1) is 0 Å². The number of pyridine rings is 1. The summed E-state index contributed by atoms with van der Waals surface area (Å²) in [6, 6.07) is 7.34. The maximum absolute atomic E-state index is 11.3. The number of hydrogen-bond acceptors (Lipinski definition) is 6. The smallest absolute Gasteiger partial charge is 0.299 e. The van der Waals surface area contributed by atoms with Crippen LogP contribution in [0.25, 0.3) is 10.8 Å². The molecule has 0 saturated carbocycles. The van der Waals surface area contributed by atoms with E-state index in [1.54, 1.807) is 12.4 Å².